The van der Waals surface area contributed by atoms with Gasteiger partial charge in [-0.25, -0.2) is 15.3 Å². The second kappa shape index (κ2) is 8.63. The Hall–Kier alpha value is -5.24. The Morgan fingerprint density at radius 2 is 1.54 bits per heavy atom. The number of aromatic nitrogens is 2. The van der Waals surface area contributed by atoms with E-state index in [2.05, 4.69) is 39.7 Å². The number of rotatable bonds is 5. The lowest BCUT2D eigenvalue weighted by molar-refractivity contribution is -0.122. The number of hydrogen-bond donors (Lipinski definition) is 2. The molecule has 8 heteroatoms. The van der Waals surface area contributed by atoms with Crippen molar-refractivity contribution in [1.82, 2.24) is 9.97 Å². The van der Waals surface area contributed by atoms with Gasteiger partial charge in [-0.3, -0.25) is 9.59 Å². The normalized spacial score (nSPS) is 24.0. The van der Waals surface area contributed by atoms with E-state index in [9.17, 15) is 9.59 Å². The van der Waals surface area contributed by atoms with E-state index in [-0.39, 0.29) is 17.7 Å². The number of nitrogens with zero attached hydrogens (tertiary/aromatic N) is 3. The Labute approximate surface area is 235 Å². The first kappa shape index (κ1) is 23.6. The molecule has 1 aliphatic heterocycles. The van der Waals surface area contributed by atoms with Gasteiger partial charge in [-0.15, -0.1) is 0 Å². The number of imidazole rings is 1. The number of carbonyl (C=O) groups excluding carboxylic acids is 2. The van der Waals surface area contributed by atoms with Crippen molar-refractivity contribution in [2.75, 3.05) is 17.4 Å². The summed E-state index contributed by atoms with van der Waals surface area (Å²) < 4.78 is 5.57. The molecule has 2 bridgehead atoms. The number of para-hydroxylation sites is 4. The predicted octanol–water partition coefficient (Wildman–Crippen LogP) is 5.22. The molecule has 0 unspecified atom stereocenters. The molecule has 5 aromatic rings. The van der Waals surface area contributed by atoms with E-state index in [1.807, 2.05) is 66.9 Å². The third kappa shape index (κ3) is 3.10. The van der Waals surface area contributed by atoms with Crippen LogP contribution in [0.4, 0.5) is 11.6 Å². The number of H-pyrrole nitrogens is 1. The van der Waals surface area contributed by atoms with E-state index in [1.54, 1.807) is 19.2 Å². The summed E-state index contributed by atoms with van der Waals surface area (Å²) in [5.74, 6) is -1.03. The molecule has 0 radical (unpaired) electrons. The van der Waals surface area contributed by atoms with Gasteiger partial charge in [0, 0.05) is 12.1 Å². The minimum atomic E-state index is -0.977. The minimum Gasteiger partial charge on any atom is -0.495 e. The van der Waals surface area contributed by atoms with Crippen molar-refractivity contribution in [2.45, 2.75) is 11.3 Å². The van der Waals surface area contributed by atoms with Crippen LogP contribution in [-0.4, -0.2) is 35.1 Å². The fraction of sp³-hybridized carbons (Fsp3) is 0.152. The van der Waals surface area contributed by atoms with Crippen LogP contribution in [0.2, 0.25) is 0 Å². The van der Waals surface area contributed by atoms with Crippen molar-refractivity contribution in [2.24, 2.45) is 16.9 Å². The molecule has 3 aliphatic carbocycles. The van der Waals surface area contributed by atoms with E-state index < -0.39 is 17.3 Å². The molecular weight excluding hydrogens is 514 g/mol. The van der Waals surface area contributed by atoms with Gasteiger partial charge in [0.2, 0.25) is 17.8 Å². The van der Waals surface area contributed by atoms with Crippen LogP contribution >= 0.6 is 0 Å². The standard InChI is InChI=1S/C33H25N5O3/c1-41-26-17-9-8-16-25(26)38-30(39)28-27-19-10-2-4-12-21(19)33(29(28)31(38)40,22-13-5-3-11-20(22)27)18-34-37-32-35-23-14-6-7-15-24(23)36-32/h2-18,27-29H,1H3,(H2,35,36,37)/b34-18-/t27?,28-,29+,33?/m0/s1. The average molecular weight is 540 g/mol. The molecule has 41 heavy (non-hydrogen) atoms. The monoisotopic (exact) mass is 539 g/mol. The van der Waals surface area contributed by atoms with E-state index in [4.69, 9.17) is 9.84 Å². The van der Waals surface area contributed by atoms with Crippen LogP contribution in [0.5, 0.6) is 5.75 Å². The van der Waals surface area contributed by atoms with Gasteiger partial charge in [0.05, 0.1) is 41.1 Å². The zero-order valence-corrected chi connectivity index (χ0v) is 22.1. The van der Waals surface area contributed by atoms with Crippen molar-refractivity contribution in [3.8, 4) is 5.75 Å². The zero-order valence-electron chi connectivity index (χ0n) is 22.1. The number of methoxy groups -OCH3 is 1. The number of amides is 2. The van der Waals surface area contributed by atoms with Crippen LogP contribution in [0.1, 0.15) is 28.2 Å². The number of nitrogens with one attached hydrogen (secondary N) is 2. The second-order valence-electron chi connectivity index (χ2n) is 10.7. The van der Waals surface area contributed by atoms with Crippen molar-refractivity contribution in [3.63, 3.8) is 0 Å². The number of ether oxygens (including phenoxy) is 1. The third-order valence-corrected chi connectivity index (χ3v) is 8.84. The summed E-state index contributed by atoms with van der Waals surface area (Å²) in [5, 5.41) is 4.70. The number of fused-ring (bicyclic) bond motifs is 1. The predicted molar refractivity (Wildman–Crippen MR) is 156 cm³/mol. The van der Waals surface area contributed by atoms with Crippen molar-refractivity contribution in [1.29, 1.82) is 0 Å². The molecule has 4 aliphatic rings. The van der Waals surface area contributed by atoms with Gasteiger partial charge in [-0.1, -0.05) is 72.8 Å². The summed E-state index contributed by atoms with van der Waals surface area (Å²) in [5.41, 5.74) is 8.32. The lowest BCUT2D eigenvalue weighted by Gasteiger charge is -2.52. The Kier molecular flexibility index (Phi) is 4.97. The minimum absolute atomic E-state index is 0.221. The molecule has 2 amide bonds. The lowest BCUT2D eigenvalue weighted by atomic mass is 9.47. The molecule has 1 saturated heterocycles. The molecule has 1 aromatic heterocycles. The molecule has 0 spiro atoms. The van der Waals surface area contributed by atoms with Gasteiger partial charge in [0.1, 0.15) is 5.75 Å². The Bertz CT molecular complexity index is 1830. The van der Waals surface area contributed by atoms with Gasteiger partial charge >= 0.3 is 0 Å². The van der Waals surface area contributed by atoms with Crippen LogP contribution in [-0.2, 0) is 15.0 Å². The Balaban J connectivity index is 1.32. The molecule has 200 valence electrons. The highest BCUT2D eigenvalue weighted by Crippen LogP contribution is 2.64. The molecule has 4 aromatic carbocycles. The van der Waals surface area contributed by atoms with E-state index >= 15 is 0 Å². The van der Waals surface area contributed by atoms with Gasteiger partial charge in [0.15, 0.2) is 0 Å². The Morgan fingerprint density at radius 3 is 2.27 bits per heavy atom. The number of hydrogen-bond acceptors (Lipinski definition) is 6. The summed E-state index contributed by atoms with van der Waals surface area (Å²) in [6.45, 7) is 0. The van der Waals surface area contributed by atoms with Gasteiger partial charge in [-0.05, 0) is 46.5 Å². The van der Waals surface area contributed by atoms with Crippen LogP contribution in [0.25, 0.3) is 11.0 Å². The highest BCUT2D eigenvalue weighted by molar-refractivity contribution is 6.25. The number of anilines is 2. The average Bonchev–Trinajstić information content (AvgIpc) is 3.55. The highest BCUT2D eigenvalue weighted by atomic mass is 16.5. The fourth-order valence-electron chi connectivity index (χ4n) is 7.30. The van der Waals surface area contributed by atoms with E-state index in [1.165, 1.54) is 4.90 Å². The van der Waals surface area contributed by atoms with Crippen LogP contribution in [0.15, 0.2) is 102 Å². The molecule has 2 heterocycles. The first-order valence-corrected chi connectivity index (χ1v) is 13.6. The maximum absolute atomic E-state index is 14.5. The highest BCUT2D eigenvalue weighted by Gasteiger charge is 2.68. The molecule has 9 rings (SSSR count). The number of hydrazone groups is 1. The number of aromatic amines is 1. The lowest BCUT2D eigenvalue weighted by Crippen LogP contribution is -2.54. The summed E-state index contributed by atoms with van der Waals surface area (Å²) in [7, 11) is 1.55. The number of benzene rings is 4. The number of imide groups is 1. The van der Waals surface area contributed by atoms with E-state index in [0.29, 0.717) is 17.4 Å². The smallest absolute Gasteiger partial charge is 0.239 e. The van der Waals surface area contributed by atoms with Gasteiger partial charge in [-0.2, -0.15) is 5.10 Å². The SMILES string of the molecule is COc1ccccc1N1C(=O)[C@H]2C3c4ccccc4C(/C=N\Nc4nc5ccccc5[nH]4)(c4ccccc43)[C@H]2C1=O. The largest absolute Gasteiger partial charge is 0.495 e. The molecule has 1 fully saturated rings. The zero-order chi connectivity index (χ0) is 27.7. The van der Waals surface area contributed by atoms with Crippen molar-refractivity contribution in [3.05, 3.63) is 119 Å². The van der Waals surface area contributed by atoms with Crippen molar-refractivity contribution >= 4 is 40.7 Å². The Morgan fingerprint density at radius 1 is 0.878 bits per heavy atom. The van der Waals surface area contributed by atoms with Crippen LogP contribution < -0.4 is 15.1 Å². The topological polar surface area (TPSA) is 99.7 Å². The molecular formula is C33H25N5O3. The maximum Gasteiger partial charge on any atom is 0.239 e. The molecule has 2 N–H and O–H groups in total. The summed E-state index contributed by atoms with van der Waals surface area (Å²) in [6.07, 6.45) is 1.81. The van der Waals surface area contributed by atoms with Crippen molar-refractivity contribution < 1.29 is 14.3 Å². The first-order valence-electron chi connectivity index (χ1n) is 13.6. The molecule has 2 atom stereocenters. The second-order valence-corrected chi connectivity index (χ2v) is 10.7. The molecule has 8 nitrogen and oxygen atoms in total. The quantitative estimate of drug-likeness (QED) is 0.181. The van der Waals surface area contributed by atoms with E-state index in [0.717, 1.165) is 33.3 Å². The summed E-state index contributed by atoms with van der Waals surface area (Å²) >= 11 is 0. The third-order valence-electron chi connectivity index (χ3n) is 8.84. The fourth-order valence-corrected chi connectivity index (χ4v) is 7.30. The van der Waals surface area contributed by atoms with Crippen LogP contribution in [0, 0.1) is 11.8 Å². The maximum atomic E-state index is 14.5. The van der Waals surface area contributed by atoms with Gasteiger partial charge in [0.25, 0.3) is 0 Å². The first-order chi connectivity index (χ1) is 20.1. The van der Waals surface area contributed by atoms with Gasteiger partial charge < -0.3 is 9.72 Å². The molecule has 0 saturated carbocycles. The number of carbonyl (C=O) groups is 2. The summed E-state index contributed by atoms with van der Waals surface area (Å²) in [6, 6.07) is 31.1. The summed E-state index contributed by atoms with van der Waals surface area (Å²) in [4.78, 5) is 38.0. The van der Waals surface area contributed by atoms with Crippen LogP contribution in [0.3, 0.4) is 0 Å².